The molecule has 0 N–H and O–H groups in total. The van der Waals surface area contributed by atoms with Crippen molar-refractivity contribution < 1.29 is 14.4 Å². The van der Waals surface area contributed by atoms with E-state index in [2.05, 4.69) is 0 Å². The predicted octanol–water partition coefficient (Wildman–Crippen LogP) is 5.11. The van der Waals surface area contributed by atoms with Gasteiger partial charge in [0.1, 0.15) is 12.0 Å². The van der Waals surface area contributed by atoms with Gasteiger partial charge in [-0.3, -0.25) is 14.4 Å². The average molecular weight is 445 g/mol. The summed E-state index contributed by atoms with van der Waals surface area (Å²) >= 11 is 14.1. The topological polar surface area (TPSA) is 49.9 Å². The average Bonchev–Trinajstić information content (AvgIpc) is 3.42. The van der Waals surface area contributed by atoms with E-state index in [9.17, 15) is 9.59 Å². The Hall–Kier alpha value is -2.38. The molecule has 2 fully saturated rings. The lowest BCUT2D eigenvalue weighted by molar-refractivity contribution is -0.126. The van der Waals surface area contributed by atoms with Gasteiger partial charge in [-0.15, -0.1) is 11.3 Å². The third-order valence-corrected chi connectivity index (χ3v) is 6.67. The van der Waals surface area contributed by atoms with Crippen molar-refractivity contribution in [3.05, 3.63) is 81.0 Å². The summed E-state index contributed by atoms with van der Waals surface area (Å²) in [5.74, 6) is -1.53. The molecule has 1 aromatic heterocycles. The van der Waals surface area contributed by atoms with Gasteiger partial charge in [-0.2, -0.15) is 0 Å². The molecule has 3 atom stereocenters. The second-order valence-corrected chi connectivity index (χ2v) is 8.55. The maximum absolute atomic E-state index is 13.5. The summed E-state index contributed by atoms with van der Waals surface area (Å²) in [6.07, 6.45) is -0.942. The molecule has 2 aromatic carbocycles. The molecule has 0 bridgehead atoms. The number of para-hydroxylation sites is 2. The number of thiophene rings is 1. The van der Waals surface area contributed by atoms with Crippen LogP contribution in [0.5, 0.6) is 0 Å². The fraction of sp³-hybridized carbons (Fsp3) is 0.143. The number of carbonyl (C=O) groups is 2. The first kappa shape index (κ1) is 18.6. The van der Waals surface area contributed by atoms with Crippen LogP contribution in [0.2, 0.25) is 10.0 Å². The van der Waals surface area contributed by atoms with Gasteiger partial charge in [-0.1, -0.05) is 53.5 Å². The van der Waals surface area contributed by atoms with E-state index in [0.29, 0.717) is 0 Å². The second-order valence-electron chi connectivity index (χ2n) is 6.76. The highest BCUT2D eigenvalue weighted by molar-refractivity contribution is 7.10. The van der Waals surface area contributed by atoms with E-state index in [1.54, 1.807) is 23.3 Å². The van der Waals surface area contributed by atoms with Gasteiger partial charge in [0, 0.05) is 4.88 Å². The lowest BCUT2D eigenvalue weighted by atomic mass is 9.95. The molecule has 8 heteroatoms. The van der Waals surface area contributed by atoms with Crippen LogP contribution in [0.15, 0.2) is 66.0 Å². The van der Waals surface area contributed by atoms with E-state index in [-0.39, 0.29) is 21.6 Å². The first-order valence-electron chi connectivity index (χ1n) is 8.94. The molecule has 146 valence electrons. The smallest absolute Gasteiger partial charge is 0.266 e. The third kappa shape index (κ3) is 2.87. The van der Waals surface area contributed by atoms with Gasteiger partial charge in [0.25, 0.3) is 5.91 Å². The van der Waals surface area contributed by atoms with Gasteiger partial charge in [0.05, 0.1) is 21.4 Å². The number of benzene rings is 2. The molecule has 2 aliphatic heterocycles. The quantitative estimate of drug-likeness (QED) is 0.526. The van der Waals surface area contributed by atoms with E-state index in [0.717, 1.165) is 15.5 Å². The van der Waals surface area contributed by atoms with Gasteiger partial charge in [0.2, 0.25) is 5.91 Å². The zero-order valence-corrected chi connectivity index (χ0v) is 17.2. The van der Waals surface area contributed by atoms with Crippen LogP contribution >= 0.6 is 34.5 Å². The van der Waals surface area contributed by atoms with Crippen LogP contribution in [0.4, 0.5) is 11.4 Å². The molecule has 3 aromatic rings. The number of imide groups is 1. The zero-order chi connectivity index (χ0) is 20.1. The van der Waals surface area contributed by atoms with Gasteiger partial charge in [-0.25, -0.2) is 9.96 Å². The van der Waals surface area contributed by atoms with Crippen LogP contribution in [0.3, 0.4) is 0 Å². The molecule has 0 aliphatic carbocycles. The summed E-state index contributed by atoms with van der Waals surface area (Å²) in [5, 5.41) is 4.09. The van der Waals surface area contributed by atoms with E-state index < -0.39 is 24.0 Å². The number of anilines is 2. The normalized spacial score (nSPS) is 23.7. The number of fused-ring (bicyclic) bond motifs is 1. The molecule has 3 heterocycles. The van der Waals surface area contributed by atoms with E-state index in [1.165, 1.54) is 11.3 Å². The van der Waals surface area contributed by atoms with Crippen molar-refractivity contribution in [1.82, 2.24) is 0 Å². The monoisotopic (exact) mass is 444 g/mol. The zero-order valence-electron chi connectivity index (χ0n) is 14.9. The molecule has 2 amide bonds. The largest absolute Gasteiger partial charge is 0.273 e. The summed E-state index contributed by atoms with van der Waals surface area (Å²) in [6, 6.07) is 17.8. The fourth-order valence-corrected chi connectivity index (χ4v) is 5.30. The number of hydrogen-bond acceptors (Lipinski definition) is 5. The standard InChI is InChI=1S/C21H14Cl2N2O3S/c22-13-8-4-9-14(23)17(13)24-20(26)16-18(15-10-5-11-29-15)25(28-19(16)21(24)27)12-6-2-1-3-7-12/h1-11,16,18-19H/t16-,18-,19-/m1/s1. The molecule has 0 unspecified atom stereocenters. The van der Waals surface area contributed by atoms with Crippen LogP contribution in [0.25, 0.3) is 0 Å². The number of hydroxylamine groups is 1. The molecule has 0 saturated carbocycles. The molecular weight excluding hydrogens is 431 g/mol. The van der Waals surface area contributed by atoms with Gasteiger partial charge in [0.15, 0.2) is 6.10 Å². The minimum Gasteiger partial charge on any atom is -0.273 e. The molecule has 0 radical (unpaired) electrons. The SMILES string of the molecule is O=C1[C@@H]2[C@@H](c3cccs3)N(c3ccccc3)O[C@H]2C(=O)N1c1c(Cl)cccc1Cl. The molecule has 0 spiro atoms. The van der Waals surface area contributed by atoms with Gasteiger partial charge < -0.3 is 0 Å². The molecule has 2 aliphatic rings. The summed E-state index contributed by atoms with van der Waals surface area (Å²) in [5.41, 5.74) is 0.989. The van der Waals surface area contributed by atoms with Crippen LogP contribution in [-0.2, 0) is 14.4 Å². The molecule has 29 heavy (non-hydrogen) atoms. The van der Waals surface area contributed by atoms with Crippen molar-refractivity contribution in [2.45, 2.75) is 12.1 Å². The maximum atomic E-state index is 13.5. The fourth-order valence-electron chi connectivity index (χ4n) is 3.88. The van der Waals surface area contributed by atoms with Gasteiger partial charge in [-0.05, 0) is 35.7 Å². The van der Waals surface area contributed by atoms with Crippen LogP contribution < -0.4 is 9.96 Å². The van der Waals surface area contributed by atoms with Crippen LogP contribution in [-0.4, -0.2) is 17.9 Å². The first-order chi connectivity index (χ1) is 14.1. The number of rotatable bonds is 3. The lowest BCUT2D eigenvalue weighted by Crippen LogP contribution is -2.37. The predicted molar refractivity (Wildman–Crippen MR) is 113 cm³/mol. The number of halogens is 2. The molecular formula is C21H14Cl2N2O3S. The highest BCUT2D eigenvalue weighted by atomic mass is 35.5. The van der Waals surface area contributed by atoms with Crippen molar-refractivity contribution in [2.75, 3.05) is 9.96 Å². The molecule has 2 saturated heterocycles. The minimum atomic E-state index is -0.942. The van der Waals surface area contributed by atoms with Crippen molar-refractivity contribution in [3.8, 4) is 0 Å². The Balaban J connectivity index is 1.60. The Morgan fingerprint density at radius 2 is 1.59 bits per heavy atom. The Labute approximate surface area is 181 Å². The highest BCUT2D eigenvalue weighted by Gasteiger charge is 2.61. The van der Waals surface area contributed by atoms with Crippen LogP contribution in [0, 0.1) is 5.92 Å². The van der Waals surface area contributed by atoms with Crippen molar-refractivity contribution in [2.24, 2.45) is 5.92 Å². The number of nitrogens with zero attached hydrogens (tertiary/aromatic N) is 2. The summed E-state index contributed by atoms with van der Waals surface area (Å²) in [7, 11) is 0. The van der Waals surface area contributed by atoms with Crippen molar-refractivity contribution in [3.63, 3.8) is 0 Å². The lowest BCUT2D eigenvalue weighted by Gasteiger charge is -2.28. The minimum absolute atomic E-state index is 0.208. The Bertz CT molecular complexity index is 1070. The summed E-state index contributed by atoms with van der Waals surface area (Å²) in [4.78, 5) is 34.8. The van der Waals surface area contributed by atoms with Crippen molar-refractivity contribution >= 4 is 57.7 Å². The highest BCUT2D eigenvalue weighted by Crippen LogP contribution is 2.50. The first-order valence-corrected chi connectivity index (χ1v) is 10.6. The Kier molecular flexibility index (Phi) is 4.59. The molecule has 5 rings (SSSR count). The second kappa shape index (κ2) is 7.15. The van der Waals surface area contributed by atoms with Gasteiger partial charge >= 0.3 is 0 Å². The third-order valence-electron chi connectivity index (χ3n) is 5.12. The summed E-state index contributed by atoms with van der Waals surface area (Å²) in [6.45, 7) is 0. The number of hydrogen-bond donors (Lipinski definition) is 0. The number of amides is 2. The number of carbonyl (C=O) groups excluding carboxylic acids is 2. The van der Waals surface area contributed by atoms with Crippen LogP contribution in [0.1, 0.15) is 10.9 Å². The van der Waals surface area contributed by atoms with E-state index >= 15 is 0 Å². The van der Waals surface area contributed by atoms with E-state index in [1.807, 2.05) is 47.8 Å². The Morgan fingerprint density at radius 1 is 0.862 bits per heavy atom. The maximum Gasteiger partial charge on any atom is 0.266 e. The summed E-state index contributed by atoms with van der Waals surface area (Å²) < 4.78 is 0. The molecule has 5 nitrogen and oxygen atoms in total. The van der Waals surface area contributed by atoms with Crippen molar-refractivity contribution in [1.29, 1.82) is 0 Å². The Morgan fingerprint density at radius 3 is 2.24 bits per heavy atom. The van der Waals surface area contributed by atoms with E-state index in [4.69, 9.17) is 28.0 Å².